The highest BCUT2D eigenvalue weighted by Crippen LogP contribution is 2.28. The largest absolute Gasteiger partial charge is 0.497 e. The van der Waals surface area contributed by atoms with Gasteiger partial charge in [0.2, 0.25) is 0 Å². The summed E-state index contributed by atoms with van der Waals surface area (Å²) in [4.78, 5) is 17.2. The molecule has 3 aromatic carbocycles. The lowest BCUT2D eigenvalue weighted by atomic mass is 10.1. The summed E-state index contributed by atoms with van der Waals surface area (Å²) >= 11 is 0. The van der Waals surface area contributed by atoms with E-state index in [1.165, 1.54) is 6.07 Å². The van der Waals surface area contributed by atoms with Crippen LogP contribution in [0.15, 0.2) is 72.8 Å². The molecule has 8 heteroatoms. The summed E-state index contributed by atoms with van der Waals surface area (Å²) in [6.45, 7) is 2.67. The van der Waals surface area contributed by atoms with Gasteiger partial charge in [-0.2, -0.15) is 0 Å². The molecule has 2 heterocycles. The zero-order valence-electron chi connectivity index (χ0n) is 18.7. The summed E-state index contributed by atoms with van der Waals surface area (Å²) in [6.07, 6.45) is 0. The van der Waals surface area contributed by atoms with Gasteiger partial charge in [-0.05, 0) is 36.4 Å². The molecule has 34 heavy (non-hydrogen) atoms. The van der Waals surface area contributed by atoms with Crippen molar-refractivity contribution < 1.29 is 13.9 Å². The quantitative estimate of drug-likeness (QED) is 0.480. The number of hydrogen-bond acceptors (Lipinski definition) is 6. The molecule has 1 N–H and O–H groups in total. The first-order valence-electron chi connectivity index (χ1n) is 11.1. The average molecular weight is 458 g/mol. The summed E-state index contributed by atoms with van der Waals surface area (Å²) in [5.41, 5.74) is 1.52. The Balaban J connectivity index is 1.37. The summed E-state index contributed by atoms with van der Waals surface area (Å²) in [7, 11) is 1.59. The van der Waals surface area contributed by atoms with Crippen molar-refractivity contribution >= 4 is 33.9 Å². The number of ether oxygens (including phenoxy) is 1. The van der Waals surface area contributed by atoms with Crippen LogP contribution in [-0.4, -0.2) is 49.4 Å². The predicted octanol–water partition coefficient (Wildman–Crippen LogP) is 4.36. The lowest BCUT2D eigenvalue weighted by Crippen LogP contribution is -2.47. The van der Waals surface area contributed by atoms with Gasteiger partial charge in [0.1, 0.15) is 11.6 Å². The number of rotatable bonds is 5. The minimum atomic E-state index is -0.329. The normalized spacial score (nSPS) is 13.7. The van der Waals surface area contributed by atoms with Gasteiger partial charge in [0.15, 0.2) is 11.5 Å². The lowest BCUT2D eigenvalue weighted by Gasteiger charge is -2.37. The van der Waals surface area contributed by atoms with Crippen LogP contribution in [0, 0.1) is 5.82 Å². The third kappa shape index (κ3) is 4.22. The van der Waals surface area contributed by atoms with Gasteiger partial charge in [-0.25, -0.2) is 4.39 Å². The molecule has 0 saturated carbocycles. The summed E-state index contributed by atoms with van der Waals surface area (Å²) in [6, 6.07) is 21.6. The number of aromatic nitrogens is 2. The van der Waals surface area contributed by atoms with Crippen LogP contribution in [0.5, 0.6) is 5.75 Å². The second-order valence-corrected chi connectivity index (χ2v) is 8.03. The van der Waals surface area contributed by atoms with Crippen molar-refractivity contribution in [3.05, 3.63) is 84.3 Å². The standard InChI is InChI=1S/C26H24FN5O2/c1-34-19-12-10-18(11-13-19)28-26(33)24-20-6-2-3-7-21(20)25(30-29-24)32-16-14-31(15-17-32)23-9-5-4-8-22(23)27/h2-13H,14-17H2,1H3,(H,28,33). The third-order valence-electron chi connectivity index (χ3n) is 6.00. The maximum Gasteiger partial charge on any atom is 0.276 e. The molecule has 1 aromatic heterocycles. The van der Waals surface area contributed by atoms with Crippen molar-refractivity contribution in [3.8, 4) is 5.75 Å². The number of nitrogens with one attached hydrogen (secondary N) is 1. The molecule has 0 radical (unpaired) electrons. The fourth-order valence-electron chi connectivity index (χ4n) is 4.22. The second-order valence-electron chi connectivity index (χ2n) is 8.03. The molecular formula is C26H24FN5O2. The van der Waals surface area contributed by atoms with Crippen LogP contribution < -0.4 is 19.9 Å². The number of amides is 1. The minimum absolute atomic E-state index is 0.214. The molecule has 5 rings (SSSR count). The number of halogens is 1. The number of anilines is 3. The smallest absolute Gasteiger partial charge is 0.276 e. The molecule has 0 aliphatic carbocycles. The Labute approximate surface area is 196 Å². The molecule has 0 bridgehead atoms. The van der Waals surface area contributed by atoms with E-state index in [9.17, 15) is 9.18 Å². The van der Waals surface area contributed by atoms with Crippen molar-refractivity contribution in [3.63, 3.8) is 0 Å². The van der Waals surface area contributed by atoms with E-state index in [2.05, 4.69) is 20.4 Å². The Kier molecular flexibility index (Phi) is 5.95. The Hall–Kier alpha value is -4.20. The maximum atomic E-state index is 14.2. The monoisotopic (exact) mass is 457 g/mol. The van der Waals surface area contributed by atoms with E-state index < -0.39 is 0 Å². The van der Waals surface area contributed by atoms with Crippen LogP contribution in [-0.2, 0) is 0 Å². The summed E-state index contributed by atoms with van der Waals surface area (Å²) in [5, 5.41) is 13.2. The first-order chi connectivity index (χ1) is 16.6. The van der Waals surface area contributed by atoms with Crippen LogP contribution in [0.1, 0.15) is 10.5 Å². The van der Waals surface area contributed by atoms with E-state index in [1.54, 1.807) is 43.5 Å². The van der Waals surface area contributed by atoms with Crippen LogP contribution in [0.3, 0.4) is 0 Å². The highest BCUT2D eigenvalue weighted by molar-refractivity contribution is 6.12. The van der Waals surface area contributed by atoms with Crippen LogP contribution >= 0.6 is 0 Å². The van der Waals surface area contributed by atoms with Gasteiger partial charge < -0.3 is 19.9 Å². The number of benzene rings is 3. The molecule has 0 atom stereocenters. The molecule has 172 valence electrons. The Morgan fingerprint density at radius 3 is 2.21 bits per heavy atom. The Morgan fingerprint density at radius 2 is 1.50 bits per heavy atom. The first-order valence-corrected chi connectivity index (χ1v) is 11.1. The van der Waals surface area contributed by atoms with E-state index in [-0.39, 0.29) is 17.4 Å². The number of para-hydroxylation sites is 1. The second kappa shape index (κ2) is 9.35. The van der Waals surface area contributed by atoms with Crippen molar-refractivity contribution in [2.24, 2.45) is 0 Å². The summed E-state index contributed by atoms with van der Waals surface area (Å²) < 4.78 is 19.4. The fraction of sp³-hybridized carbons (Fsp3) is 0.192. The SMILES string of the molecule is COc1ccc(NC(=O)c2nnc(N3CCN(c4ccccc4F)CC3)c3ccccc23)cc1. The summed E-state index contributed by atoms with van der Waals surface area (Å²) in [5.74, 6) is 0.894. The molecule has 1 saturated heterocycles. The molecule has 1 fully saturated rings. The molecule has 0 unspecified atom stereocenters. The van der Waals surface area contributed by atoms with Crippen molar-refractivity contribution in [1.82, 2.24) is 10.2 Å². The number of carbonyl (C=O) groups excluding carboxylic acids is 1. The Bertz CT molecular complexity index is 1320. The third-order valence-corrected chi connectivity index (χ3v) is 6.00. The first kappa shape index (κ1) is 21.6. The number of fused-ring (bicyclic) bond motifs is 1. The topological polar surface area (TPSA) is 70.6 Å². The van der Waals surface area contributed by atoms with Crippen molar-refractivity contribution in [2.45, 2.75) is 0 Å². The predicted molar refractivity (Wildman–Crippen MR) is 131 cm³/mol. The average Bonchev–Trinajstić information content (AvgIpc) is 2.89. The molecule has 7 nitrogen and oxygen atoms in total. The number of piperazine rings is 1. The van der Waals surface area contributed by atoms with Crippen molar-refractivity contribution in [1.29, 1.82) is 0 Å². The van der Waals surface area contributed by atoms with Gasteiger partial charge in [0.05, 0.1) is 12.8 Å². The van der Waals surface area contributed by atoms with E-state index in [1.807, 2.05) is 35.2 Å². The number of methoxy groups -OCH3 is 1. The van der Waals surface area contributed by atoms with E-state index in [0.717, 1.165) is 16.6 Å². The molecule has 1 aliphatic heterocycles. The number of hydrogen-bond donors (Lipinski definition) is 1. The van der Waals surface area contributed by atoms with Crippen LogP contribution in [0.4, 0.5) is 21.6 Å². The molecule has 4 aromatic rings. The van der Waals surface area contributed by atoms with Gasteiger partial charge in [-0.1, -0.05) is 36.4 Å². The van der Waals surface area contributed by atoms with Gasteiger partial charge in [0, 0.05) is 42.6 Å². The van der Waals surface area contributed by atoms with Gasteiger partial charge in [0.25, 0.3) is 5.91 Å². The highest BCUT2D eigenvalue weighted by atomic mass is 19.1. The highest BCUT2D eigenvalue weighted by Gasteiger charge is 2.24. The van der Waals surface area contributed by atoms with Crippen molar-refractivity contribution in [2.75, 3.05) is 48.4 Å². The zero-order valence-corrected chi connectivity index (χ0v) is 18.7. The molecule has 1 amide bonds. The molecule has 0 spiro atoms. The zero-order chi connectivity index (χ0) is 23.5. The minimum Gasteiger partial charge on any atom is -0.497 e. The van der Waals surface area contributed by atoms with Crippen LogP contribution in [0.25, 0.3) is 10.8 Å². The van der Waals surface area contributed by atoms with E-state index in [4.69, 9.17) is 4.74 Å². The Morgan fingerprint density at radius 1 is 0.853 bits per heavy atom. The molecular weight excluding hydrogens is 433 g/mol. The van der Waals surface area contributed by atoms with E-state index in [0.29, 0.717) is 43.3 Å². The van der Waals surface area contributed by atoms with Crippen LogP contribution in [0.2, 0.25) is 0 Å². The maximum absolute atomic E-state index is 14.2. The number of nitrogens with zero attached hydrogens (tertiary/aromatic N) is 4. The fourth-order valence-corrected chi connectivity index (χ4v) is 4.22. The van der Waals surface area contributed by atoms with E-state index >= 15 is 0 Å². The lowest BCUT2D eigenvalue weighted by molar-refractivity contribution is 0.102. The van der Waals surface area contributed by atoms with Gasteiger partial charge >= 0.3 is 0 Å². The van der Waals surface area contributed by atoms with Gasteiger partial charge in [-0.15, -0.1) is 10.2 Å². The van der Waals surface area contributed by atoms with Gasteiger partial charge in [-0.3, -0.25) is 4.79 Å². The molecule has 1 aliphatic rings. The number of carbonyl (C=O) groups is 1.